The normalized spacial score (nSPS) is 11.2. The maximum Gasteiger partial charge on any atom is 0.255 e. The number of benzene rings is 1. The zero-order valence-corrected chi connectivity index (χ0v) is 14.1. The standard InChI is InChI=1S/C17H16N6O2/c1-10-8-11(2)23-14(20-21-17(23)18-10)9-15-19-16(22-25-15)12-4-6-13(24-3)7-5-12/h4-8H,9H2,1-3H3. The molecule has 126 valence electrons. The van der Waals surface area contributed by atoms with Gasteiger partial charge in [0.25, 0.3) is 5.78 Å². The van der Waals surface area contributed by atoms with Gasteiger partial charge in [-0.2, -0.15) is 4.98 Å². The smallest absolute Gasteiger partial charge is 0.255 e. The van der Waals surface area contributed by atoms with Crippen LogP contribution < -0.4 is 4.74 Å². The molecule has 0 radical (unpaired) electrons. The number of methoxy groups -OCH3 is 1. The van der Waals surface area contributed by atoms with E-state index in [0.29, 0.717) is 29.7 Å². The molecule has 0 aliphatic rings. The first-order valence-electron chi connectivity index (χ1n) is 7.79. The van der Waals surface area contributed by atoms with E-state index < -0.39 is 0 Å². The summed E-state index contributed by atoms with van der Waals surface area (Å²) >= 11 is 0. The fraction of sp³-hybridized carbons (Fsp3) is 0.235. The summed E-state index contributed by atoms with van der Waals surface area (Å²) in [6, 6.07) is 9.47. The van der Waals surface area contributed by atoms with Gasteiger partial charge < -0.3 is 9.26 Å². The van der Waals surface area contributed by atoms with Crippen molar-refractivity contribution in [2.45, 2.75) is 20.3 Å². The van der Waals surface area contributed by atoms with E-state index in [2.05, 4.69) is 25.3 Å². The summed E-state index contributed by atoms with van der Waals surface area (Å²) < 4.78 is 12.4. The topological polar surface area (TPSA) is 91.2 Å². The minimum absolute atomic E-state index is 0.385. The van der Waals surface area contributed by atoms with Crippen molar-refractivity contribution in [1.29, 1.82) is 0 Å². The van der Waals surface area contributed by atoms with Crippen molar-refractivity contribution in [3.05, 3.63) is 53.4 Å². The number of hydrogen-bond donors (Lipinski definition) is 0. The number of fused-ring (bicyclic) bond motifs is 1. The third-order valence-electron chi connectivity index (χ3n) is 3.89. The van der Waals surface area contributed by atoms with E-state index in [1.807, 2.05) is 48.6 Å². The number of hydrogen-bond acceptors (Lipinski definition) is 7. The number of aromatic nitrogens is 6. The van der Waals surface area contributed by atoms with Gasteiger partial charge in [-0.15, -0.1) is 10.2 Å². The van der Waals surface area contributed by atoms with Crippen molar-refractivity contribution in [1.82, 2.24) is 29.7 Å². The van der Waals surface area contributed by atoms with Gasteiger partial charge in [0.15, 0.2) is 0 Å². The molecule has 4 rings (SSSR count). The summed E-state index contributed by atoms with van der Waals surface area (Å²) in [5.41, 5.74) is 2.77. The Bertz CT molecular complexity index is 1040. The van der Waals surface area contributed by atoms with Crippen LogP contribution in [-0.4, -0.2) is 36.8 Å². The molecule has 3 aromatic heterocycles. The first kappa shape index (κ1) is 15.3. The lowest BCUT2D eigenvalue weighted by Crippen LogP contribution is -2.02. The van der Waals surface area contributed by atoms with Crippen LogP contribution in [0.25, 0.3) is 17.2 Å². The van der Waals surface area contributed by atoms with Gasteiger partial charge in [0, 0.05) is 17.0 Å². The van der Waals surface area contributed by atoms with E-state index in [1.54, 1.807) is 7.11 Å². The van der Waals surface area contributed by atoms with Crippen molar-refractivity contribution >= 4 is 5.78 Å². The molecule has 0 spiro atoms. The molecule has 0 atom stereocenters. The van der Waals surface area contributed by atoms with Gasteiger partial charge in [0.05, 0.1) is 13.5 Å². The average Bonchev–Trinajstić information content (AvgIpc) is 3.23. The molecular weight excluding hydrogens is 320 g/mol. The van der Waals surface area contributed by atoms with E-state index >= 15 is 0 Å². The van der Waals surface area contributed by atoms with Gasteiger partial charge in [0.2, 0.25) is 11.7 Å². The minimum atomic E-state index is 0.385. The van der Waals surface area contributed by atoms with Gasteiger partial charge in [-0.1, -0.05) is 5.16 Å². The third kappa shape index (κ3) is 2.82. The molecule has 1 aromatic carbocycles. The molecule has 0 fully saturated rings. The van der Waals surface area contributed by atoms with Gasteiger partial charge in [-0.25, -0.2) is 4.98 Å². The second-order valence-corrected chi connectivity index (χ2v) is 5.71. The Balaban J connectivity index is 1.63. The highest BCUT2D eigenvalue weighted by Crippen LogP contribution is 2.20. The highest BCUT2D eigenvalue weighted by Gasteiger charge is 2.15. The Morgan fingerprint density at radius 1 is 1.08 bits per heavy atom. The summed E-state index contributed by atoms with van der Waals surface area (Å²) in [5.74, 6) is 3.06. The van der Waals surface area contributed by atoms with Crippen molar-refractivity contribution in [2.24, 2.45) is 0 Å². The van der Waals surface area contributed by atoms with E-state index in [-0.39, 0.29) is 0 Å². The highest BCUT2D eigenvalue weighted by atomic mass is 16.5. The lowest BCUT2D eigenvalue weighted by Gasteiger charge is -2.02. The summed E-state index contributed by atoms with van der Waals surface area (Å²) in [6.45, 7) is 3.92. The minimum Gasteiger partial charge on any atom is -0.497 e. The predicted molar refractivity (Wildman–Crippen MR) is 89.3 cm³/mol. The molecule has 4 aromatic rings. The number of nitrogens with zero attached hydrogens (tertiary/aromatic N) is 6. The number of aryl methyl sites for hydroxylation is 2. The summed E-state index contributed by atoms with van der Waals surface area (Å²) in [4.78, 5) is 8.82. The number of rotatable bonds is 4. The molecule has 0 aliphatic carbocycles. The lowest BCUT2D eigenvalue weighted by atomic mass is 10.2. The second-order valence-electron chi connectivity index (χ2n) is 5.71. The molecule has 8 nitrogen and oxygen atoms in total. The Hall–Kier alpha value is -3.29. The lowest BCUT2D eigenvalue weighted by molar-refractivity contribution is 0.383. The largest absolute Gasteiger partial charge is 0.497 e. The van der Waals surface area contributed by atoms with Crippen LogP contribution in [0.5, 0.6) is 5.75 Å². The van der Waals surface area contributed by atoms with E-state index in [1.165, 1.54) is 0 Å². The van der Waals surface area contributed by atoms with E-state index in [4.69, 9.17) is 9.26 Å². The van der Waals surface area contributed by atoms with Crippen LogP contribution in [0, 0.1) is 13.8 Å². The fourth-order valence-corrected chi connectivity index (χ4v) is 2.73. The molecule has 0 unspecified atom stereocenters. The van der Waals surface area contributed by atoms with Crippen molar-refractivity contribution < 1.29 is 9.26 Å². The third-order valence-corrected chi connectivity index (χ3v) is 3.89. The molecule has 0 amide bonds. The molecule has 8 heteroatoms. The predicted octanol–water partition coefficient (Wildman–Crippen LogP) is 2.39. The van der Waals surface area contributed by atoms with Crippen molar-refractivity contribution in [3.8, 4) is 17.1 Å². The Labute approximate surface area is 143 Å². The maximum absolute atomic E-state index is 5.37. The first-order valence-corrected chi connectivity index (χ1v) is 7.79. The van der Waals surface area contributed by atoms with Gasteiger partial charge in [-0.3, -0.25) is 4.40 Å². The first-order chi connectivity index (χ1) is 12.1. The zero-order chi connectivity index (χ0) is 17.4. The number of ether oxygens (including phenoxy) is 1. The van der Waals surface area contributed by atoms with Gasteiger partial charge in [0.1, 0.15) is 11.6 Å². The summed E-state index contributed by atoms with van der Waals surface area (Å²) in [5, 5.41) is 12.4. The summed E-state index contributed by atoms with van der Waals surface area (Å²) in [6.07, 6.45) is 0.385. The van der Waals surface area contributed by atoms with E-state index in [9.17, 15) is 0 Å². The molecule has 0 aliphatic heterocycles. The van der Waals surface area contributed by atoms with Gasteiger partial charge >= 0.3 is 0 Å². The van der Waals surface area contributed by atoms with Crippen LogP contribution in [0.2, 0.25) is 0 Å². The monoisotopic (exact) mass is 336 g/mol. The Morgan fingerprint density at radius 3 is 2.64 bits per heavy atom. The van der Waals surface area contributed by atoms with E-state index in [0.717, 1.165) is 22.7 Å². The molecule has 0 saturated carbocycles. The van der Waals surface area contributed by atoms with Crippen molar-refractivity contribution in [2.75, 3.05) is 7.11 Å². The highest BCUT2D eigenvalue weighted by molar-refractivity contribution is 5.55. The molecular formula is C17H16N6O2. The summed E-state index contributed by atoms with van der Waals surface area (Å²) in [7, 11) is 1.63. The van der Waals surface area contributed by atoms with Gasteiger partial charge in [-0.05, 0) is 44.2 Å². The average molecular weight is 336 g/mol. The SMILES string of the molecule is COc1ccc(-c2noc(Cc3nnc4nc(C)cc(C)n34)n2)cc1. The Morgan fingerprint density at radius 2 is 1.88 bits per heavy atom. The zero-order valence-electron chi connectivity index (χ0n) is 14.1. The molecule has 0 bridgehead atoms. The van der Waals surface area contributed by atoms with Crippen LogP contribution in [0.1, 0.15) is 23.1 Å². The van der Waals surface area contributed by atoms with Crippen LogP contribution >= 0.6 is 0 Å². The van der Waals surface area contributed by atoms with Crippen LogP contribution in [-0.2, 0) is 6.42 Å². The second kappa shape index (κ2) is 5.97. The van der Waals surface area contributed by atoms with Crippen LogP contribution in [0.3, 0.4) is 0 Å². The van der Waals surface area contributed by atoms with Crippen LogP contribution in [0.15, 0.2) is 34.9 Å². The Kier molecular flexibility index (Phi) is 3.64. The molecule has 25 heavy (non-hydrogen) atoms. The quantitative estimate of drug-likeness (QED) is 0.565. The van der Waals surface area contributed by atoms with Crippen LogP contribution in [0.4, 0.5) is 0 Å². The molecule has 0 saturated heterocycles. The fourth-order valence-electron chi connectivity index (χ4n) is 2.73. The molecule has 0 N–H and O–H groups in total. The molecule has 3 heterocycles. The maximum atomic E-state index is 5.37. The van der Waals surface area contributed by atoms with Crippen molar-refractivity contribution in [3.63, 3.8) is 0 Å².